The highest BCUT2D eigenvalue weighted by molar-refractivity contribution is 7.26. The summed E-state index contributed by atoms with van der Waals surface area (Å²) in [5.41, 5.74) is 5.49. The minimum Gasteiger partial charge on any atom is -0.437 e. The molecular weight excluding hydrogens is 547 g/mol. The molecule has 4 aromatic heterocycles. The summed E-state index contributed by atoms with van der Waals surface area (Å²) in [7, 11) is 0. The molecule has 200 valence electrons. The SMILES string of the molecule is c1ccc2cc(-c3nc(-n4c5ccccc5c5ccc6c7ccccc7sc6c54)nc4oc5ccccc5c34)ccc2c1. The number of para-hydroxylation sites is 2. The molecule has 0 saturated heterocycles. The van der Waals surface area contributed by atoms with Crippen LogP contribution in [0, 0.1) is 0 Å². The number of aromatic nitrogens is 3. The fourth-order valence-corrected chi connectivity index (χ4v) is 7.94. The molecule has 10 aromatic rings. The van der Waals surface area contributed by atoms with E-state index in [9.17, 15) is 0 Å². The summed E-state index contributed by atoms with van der Waals surface area (Å²) in [5, 5.41) is 9.20. The van der Waals surface area contributed by atoms with E-state index in [1.165, 1.54) is 41.7 Å². The van der Waals surface area contributed by atoms with E-state index >= 15 is 0 Å². The van der Waals surface area contributed by atoms with Crippen molar-refractivity contribution < 1.29 is 4.42 Å². The molecular formula is C38H21N3OS. The molecule has 4 heterocycles. The van der Waals surface area contributed by atoms with Gasteiger partial charge < -0.3 is 4.42 Å². The number of benzene rings is 6. The van der Waals surface area contributed by atoms with Gasteiger partial charge in [-0.2, -0.15) is 4.98 Å². The van der Waals surface area contributed by atoms with E-state index in [2.05, 4.69) is 114 Å². The van der Waals surface area contributed by atoms with Gasteiger partial charge in [0.15, 0.2) is 0 Å². The predicted octanol–water partition coefficient (Wildman–Crippen LogP) is 10.7. The molecule has 0 aliphatic carbocycles. The van der Waals surface area contributed by atoms with Crippen LogP contribution < -0.4 is 0 Å². The number of hydrogen-bond acceptors (Lipinski definition) is 4. The summed E-state index contributed by atoms with van der Waals surface area (Å²) in [6, 6.07) is 44.8. The van der Waals surface area contributed by atoms with Gasteiger partial charge >= 0.3 is 0 Å². The van der Waals surface area contributed by atoms with Gasteiger partial charge in [0.1, 0.15) is 5.58 Å². The van der Waals surface area contributed by atoms with Crippen LogP contribution in [0.15, 0.2) is 132 Å². The first-order valence-electron chi connectivity index (χ1n) is 14.3. The Morgan fingerprint density at radius 2 is 1.33 bits per heavy atom. The van der Waals surface area contributed by atoms with Gasteiger partial charge in [-0.25, -0.2) is 4.98 Å². The molecule has 0 aliphatic heterocycles. The van der Waals surface area contributed by atoms with Gasteiger partial charge in [0.2, 0.25) is 11.7 Å². The summed E-state index contributed by atoms with van der Waals surface area (Å²) >= 11 is 1.82. The molecule has 0 bridgehead atoms. The van der Waals surface area contributed by atoms with E-state index in [4.69, 9.17) is 14.4 Å². The molecule has 6 aromatic carbocycles. The van der Waals surface area contributed by atoms with Crippen LogP contribution >= 0.6 is 11.3 Å². The lowest BCUT2D eigenvalue weighted by atomic mass is 10.0. The van der Waals surface area contributed by atoms with Gasteiger partial charge in [0.05, 0.1) is 26.8 Å². The van der Waals surface area contributed by atoms with Crippen LogP contribution in [0.2, 0.25) is 0 Å². The van der Waals surface area contributed by atoms with Gasteiger partial charge in [0.25, 0.3) is 0 Å². The Morgan fingerprint density at radius 3 is 2.26 bits per heavy atom. The molecule has 0 amide bonds. The number of fused-ring (bicyclic) bond motifs is 11. The van der Waals surface area contributed by atoms with E-state index in [1.807, 2.05) is 29.5 Å². The Hall–Kier alpha value is -5.52. The van der Waals surface area contributed by atoms with E-state index in [-0.39, 0.29) is 0 Å². The normalized spacial score (nSPS) is 12.2. The number of hydrogen-bond donors (Lipinski definition) is 0. The van der Waals surface area contributed by atoms with Crippen molar-refractivity contribution in [3.05, 3.63) is 127 Å². The molecule has 43 heavy (non-hydrogen) atoms. The zero-order valence-corrected chi connectivity index (χ0v) is 23.6. The van der Waals surface area contributed by atoms with Gasteiger partial charge in [-0.1, -0.05) is 103 Å². The lowest BCUT2D eigenvalue weighted by molar-refractivity contribution is 0.651. The standard InChI is InChI=1S/C38H21N3OS/c1-2-10-23-21-24(18-17-22(23)9-1)34-33-29-13-4-7-15-31(29)42-37(33)40-38(39-34)41-30-14-6-3-11-25(30)27-19-20-28-26-12-5-8-16-32(26)43-36(28)35(27)41/h1-21H. The first-order valence-corrected chi connectivity index (χ1v) is 15.2. The number of rotatable bonds is 2. The molecule has 0 radical (unpaired) electrons. The Balaban J connectivity index is 1.38. The van der Waals surface area contributed by atoms with Crippen molar-refractivity contribution in [2.45, 2.75) is 0 Å². The quantitative estimate of drug-likeness (QED) is 0.209. The third-order valence-corrected chi connectivity index (χ3v) is 9.82. The van der Waals surface area contributed by atoms with E-state index in [0.717, 1.165) is 38.6 Å². The predicted molar refractivity (Wildman–Crippen MR) is 179 cm³/mol. The third kappa shape index (κ3) is 3.20. The fraction of sp³-hybridized carbons (Fsp3) is 0. The highest BCUT2D eigenvalue weighted by Crippen LogP contribution is 2.43. The summed E-state index contributed by atoms with van der Waals surface area (Å²) in [5.74, 6) is 0.603. The summed E-state index contributed by atoms with van der Waals surface area (Å²) in [6.45, 7) is 0. The molecule has 0 unspecified atom stereocenters. The lowest BCUT2D eigenvalue weighted by Crippen LogP contribution is -2.03. The van der Waals surface area contributed by atoms with Crippen LogP contribution in [0.4, 0.5) is 0 Å². The van der Waals surface area contributed by atoms with E-state index in [1.54, 1.807) is 0 Å². The minimum absolute atomic E-state index is 0.587. The van der Waals surface area contributed by atoms with E-state index < -0.39 is 0 Å². The highest BCUT2D eigenvalue weighted by Gasteiger charge is 2.23. The Labute approximate surface area is 249 Å². The zero-order chi connectivity index (χ0) is 28.1. The van der Waals surface area contributed by atoms with Gasteiger partial charge in [0, 0.05) is 37.2 Å². The van der Waals surface area contributed by atoms with Crippen molar-refractivity contribution in [2.75, 3.05) is 0 Å². The lowest BCUT2D eigenvalue weighted by Gasteiger charge is -2.10. The average molecular weight is 568 g/mol. The maximum Gasteiger partial charge on any atom is 0.238 e. The molecule has 10 rings (SSSR count). The minimum atomic E-state index is 0.587. The van der Waals surface area contributed by atoms with Crippen LogP contribution in [-0.4, -0.2) is 14.5 Å². The topological polar surface area (TPSA) is 43.9 Å². The molecule has 5 heteroatoms. The molecule has 0 aliphatic rings. The van der Waals surface area contributed by atoms with Crippen molar-refractivity contribution in [2.24, 2.45) is 0 Å². The van der Waals surface area contributed by atoms with Crippen LogP contribution in [0.3, 0.4) is 0 Å². The van der Waals surface area contributed by atoms with Crippen molar-refractivity contribution in [3.63, 3.8) is 0 Å². The van der Waals surface area contributed by atoms with Crippen LogP contribution in [0.25, 0.3) is 92.0 Å². The average Bonchev–Trinajstić information content (AvgIpc) is 3.73. The zero-order valence-electron chi connectivity index (χ0n) is 22.8. The summed E-state index contributed by atoms with van der Waals surface area (Å²) in [6.07, 6.45) is 0. The first-order chi connectivity index (χ1) is 21.3. The molecule has 0 atom stereocenters. The smallest absolute Gasteiger partial charge is 0.238 e. The summed E-state index contributed by atoms with van der Waals surface area (Å²) in [4.78, 5) is 10.6. The van der Waals surface area contributed by atoms with Gasteiger partial charge in [-0.3, -0.25) is 4.57 Å². The summed E-state index contributed by atoms with van der Waals surface area (Å²) < 4.78 is 11.2. The van der Waals surface area contributed by atoms with Crippen LogP contribution in [0.1, 0.15) is 0 Å². The monoisotopic (exact) mass is 567 g/mol. The first kappa shape index (κ1) is 23.1. The Bertz CT molecular complexity index is 2750. The van der Waals surface area contributed by atoms with Crippen molar-refractivity contribution in [1.29, 1.82) is 0 Å². The third-order valence-electron chi connectivity index (χ3n) is 8.63. The Morgan fingerprint density at radius 1 is 0.581 bits per heavy atom. The second kappa shape index (κ2) is 8.51. The van der Waals surface area contributed by atoms with Gasteiger partial charge in [-0.05, 0) is 35.0 Å². The largest absolute Gasteiger partial charge is 0.437 e. The van der Waals surface area contributed by atoms with E-state index in [0.29, 0.717) is 11.7 Å². The second-order valence-electron chi connectivity index (χ2n) is 11.0. The second-order valence-corrected chi connectivity index (χ2v) is 12.1. The van der Waals surface area contributed by atoms with Crippen molar-refractivity contribution in [3.8, 4) is 17.2 Å². The maximum absolute atomic E-state index is 6.44. The molecule has 0 spiro atoms. The molecule has 0 N–H and O–H groups in total. The van der Waals surface area contributed by atoms with Crippen LogP contribution in [0.5, 0.6) is 0 Å². The number of furan rings is 1. The molecule has 0 fully saturated rings. The van der Waals surface area contributed by atoms with Crippen LogP contribution in [-0.2, 0) is 0 Å². The number of nitrogens with zero attached hydrogens (tertiary/aromatic N) is 3. The fourth-order valence-electron chi connectivity index (χ4n) is 6.70. The van der Waals surface area contributed by atoms with Gasteiger partial charge in [-0.15, -0.1) is 11.3 Å². The number of thiophene rings is 1. The van der Waals surface area contributed by atoms with Crippen molar-refractivity contribution >= 4 is 86.2 Å². The molecule has 0 saturated carbocycles. The Kier molecular flexibility index (Phi) is 4.57. The highest BCUT2D eigenvalue weighted by atomic mass is 32.1. The molecule has 4 nitrogen and oxygen atoms in total. The van der Waals surface area contributed by atoms with Crippen molar-refractivity contribution in [1.82, 2.24) is 14.5 Å². The maximum atomic E-state index is 6.44.